The predicted molar refractivity (Wildman–Crippen MR) is 126 cm³/mol. The molecular formula is C24H27ClFN3O5. The van der Waals surface area contributed by atoms with Gasteiger partial charge in [0, 0.05) is 23.7 Å². The van der Waals surface area contributed by atoms with E-state index in [9.17, 15) is 14.3 Å². The van der Waals surface area contributed by atoms with Gasteiger partial charge in [-0.1, -0.05) is 23.7 Å². The number of benzene rings is 2. The Balaban J connectivity index is 1.62. The fraction of sp³-hybridized carbons (Fsp3) is 0.417. The summed E-state index contributed by atoms with van der Waals surface area (Å²) in [5, 5.41) is 13.2. The van der Waals surface area contributed by atoms with Crippen LogP contribution < -0.4 is 10.1 Å². The molecule has 3 aromatic rings. The normalized spacial score (nSPS) is 18.9. The number of ether oxygens (including phenoxy) is 2. The van der Waals surface area contributed by atoms with Crippen LogP contribution in [0, 0.1) is 0 Å². The number of aliphatic hydroxyl groups is 1. The monoisotopic (exact) mass is 491 g/mol. The summed E-state index contributed by atoms with van der Waals surface area (Å²) in [5.41, 5.74) is 1.71. The minimum Gasteiger partial charge on any atom is -0.493 e. The summed E-state index contributed by atoms with van der Waals surface area (Å²) in [4.78, 5) is 19.3. The van der Waals surface area contributed by atoms with E-state index in [0.29, 0.717) is 52.6 Å². The number of carbonyl (C=O) groups excluding carboxylic acids is 1. The number of halogens is 2. The Labute approximate surface area is 201 Å². The van der Waals surface area contributed by atoms with Gasteiger partial charge in [-0.2, -0.15) is 4.98 Å². The van der Waals surface area contributed by atoms with Crippen LogP contribution in [0.25, 0.3) is 11.1 Å². The number of anilines is 1. The lowest BCUT2D eigenvalue weighted by Gasteiger charge is -2.23. The number of likely N-dealkylation sites (tertiary alicyclic amines) is 1. The fourth-order valence-corrected chi connectivity index (χ4v) is 4.44. The molecule has 10 heteroatoms. The zero-order valence-electron chi connectivity index (χ0n) is 19.0. The van der Waals surface area contributed by atoms with Crippen molar-refractivity contribution in [3.63, 3.8) is 0 Å². The minimum absolute atomic E-state index is 0.0892. The van der Waals surface area contributed by atoms with E-state index in [2.05, 4.69) is 10.3 Å². The first kappa shape index (κ1) is 24.3. The molecule has 0 saturated carbocycles. The number of alkyl halides is 1. The van der Waals surface area contributed by atoms with E-state index in [4.69, 9.17) is 25.5 Å². The highest BCUT2D eigenvalue weighted by Crippen LogP contribution is 2.33. The Morgan fingerprint density at radius 2 is 2.24 bits per heavy atom. The van der Waals surface area contributed by atoms with Crippen molar-refractivity contribution in [3.8, 4) is 5.75 Å². The maximum Gasteiger partial charge on any atom is 0.296 e. The molecule has 1 aliphatic heterocycles. The van der Waals surface area contributed by atoms with Crippen LogP contribution in [-0.2, 0) is 4.74 Å². The molecule has 1 aliphatic rings. The molecule has 1 amide bonds. The quantitative estimate of drug-likeness (QED) is 0.462. The lowest BCUT2D eigenvalue weighted by atomic mass is 10.1. The largest absolute Gasteiger partial charge is 0.493 e. The van der Waals surface area contributed by atoms with Crippen LogP contribution in [0.15, 0.2) is 40.8 Å². The Morgan fingerprint density at radius 1 is 1.41 bits per heavy atom. The van der Waals surface area contributed by atoms with Gasteiger partial charge in [0.25, 0.3) is 11.9 Å². The van der Waals surface area contributed by atoms with Gasteiger partial charge < -0.3 is 29.2 Å². The molecule has 1 aromatic heterocycles. The molecule has 2 heterocycles. The maximum absolute atomic E-state index is 13.8. The number of nitrogens with one attached hydrogen (secondary N) is 1. The van der Waals surface area contributed by atoms with Crippen LogP contribution >= 0.6 is 11.6 Å². The van der Waals surface area contributed by atoms with Crippen molar-refractivity contribution in [2.24, 2.45) is 0 Å². The number of hydrogen-bond donors (Lipinski definition) is 2. The molecule has 2 N–H and O–H groups in total. The average Bonchev–Trinajstić information content (AvgIpc) is 3.45. The summed E-state index contributed by atoms with van der Waals surface area (Å²) in [6, 6.07) is 9.09. The van der Waals surface area contributed by atoms with Crippen LogP contribution in [0.5, 0.6) is 5.75 Å². The number of carbonyl (C=O) groups is 1. The van der Waals surface area contributed by atoms with Gasteiger partial charge in [-0.25, -0.2) is 4.39 Å². The second-order valence-corrected chi connectivity index (χ2v) is 8.50. The Morgan fingerprint density at radius 3 is 2.91 bits per heavy atom. The zero-order chi connectivity index (χ0) is 24.2. The molecule has 1 unspecified atom stereocenters. The van der Waals surface area contributed by atoms with Crippen LogP contribution in [-0.4, -0.2) is 66.6 Å². The van der Waals surface area contributed by atoms with Crippen LogP contribution in [0.3, 0.4) is 0 Å². The third-order valence-electron chi connectivity index (χ3n) is 5.88. The number of amides is 1. The molecule has 4 rings (SSSR count). The van der Waals surface area contributed by atoms with Crippen molar-refractivity contribution in [2.45, 2.75) is 31.5 Å². The smallest absolute Gasteiger partial charge is 0.296 e. The zero-order valence-corrected chi connectivity index (χ0v) is 19.7. The lowest BCUT2D eigenvalue weighted by molar-refractivity contribution is 0.0579. The first-order valence-corrected chi connectivity index (χ1v) is 11.4. The minimum atomic E-state index is -0.718. The number of fused-ring (bicyclic) bond motifs is 1. The summed E-state index contributed by atoms with van der Waals surface area (Å²) in [6.07, 6.45) is 0.449. The first-order chi connectivity index (χ1) is 16.5. The van der Waals surface area contributed by atoms with Crippen molar-refractivity contribution >= 4 is 34.6 Å². The number of oxazole rings is 1. The van der Waals surface area contributed by atoms with E-state index >= 15 is 0 Å². The van der Waals surface area contributed by atoms with Gasteiger partial charge in [0.15, 0.2) is 11.3 Å². The van der Waals surface area contributed by atoms with Crippen LogP contribution in [0.1, 0.15) is 35.3 Å². The highest BCUT2D eigenvalue weighted by atomic mass is 35.5. The second kappa shape index (κ2) is 10.6. The van der Waals surface area contributed by atoms with Gasteiger partial charge in [0.05, 0.1) is 31.9 Å². The topological polar surface area (TPSA) is 97.1 Å². The van der Waals surface area contributed by atoms with E-state index < -0.39 is 12.7 Å². The number of rotatable bonds is 9. The Hall–Kier alpha value is -2.88. The maximum atomic E-state index is 13.8. The molecule has 8 nitrogen and oxygen atoms in total. The number of hydrogen-bond acceptors (Lipinski definition) is 7. The SMILES string of the molecule is CCO[C@@H]1CC(CO)N(C(=O)c2cc(OC)c3oc(N[C@H](CF)c4cccc(Cl)c4)nc3c2)C1. The molecule has 0 radical (unpaired) electrons. The molecule has 0 aliphatic carbocycles. The number of methoxy groups -OCH3 is 1. The Bertz CT molecular complexity index is 1160. The number of nitrogens with zero attached hydrogens (tertiary/aromatic N) is 2. The van der Waals surface area contributed by atoms with Gasteiger partial charge >= 0.3 is 0 Å². The van der Waals surface area contributed by atoms with Crippen LogP contribution in [0.2, 0.25) is 5.02 Å². The molecule has 34 heavy (non-hydrogen) atoms. The Kier molecular flexibility index (Phi) is 7.55. The third kappa shape index (κ3) is 4.96. The van der Waals surface area contributed by atoms with Gasteiger partial charge in [0.1, 0.15) is 12.2 Å². The molecular weight excluding hydrogens is 465 g/mol. The van der Waals surface area contributed by atoms with Gasteiger partial charge in [-0.15, -0.1) is 0 Å². The highest BCUT2D eigenvalue weighted by molar-refractivity contribution is 6.30. The van der Waals surface area contributed by atoms with Crippen molar-refractivity contribution in [1.29, 1.82) is 0 Å². The summed E-state index contributed by atoms with van der Waals surface area (Å²) in [6.45, 7) is 1.96. The van der Waals surface area contributed by atoms with Crippen molar-refractivity contribution in [1.82, 2.24) is 9.88 Å². The second-order valence-electron chi connectivity index (χ2n) is 8.06. The fourth-order valence-electron chi connectivity index (χ4n) is 4.24. The van der Waals surface area contributed by atoms with E-state index in [0.717, 1.165) is 0 Å². The molecule has 0 bridgehead atoms. The van der Waals surface area contributed by atoms with Crippen molar-refractivity contribution in [3.05, 3.63) is 52.5 Å². The molecule has 2 aromatic carbocycles. The first-order valence-electron chi connectivity index (χ1n) is 11.1. The summed E-state index contributed by atoms with van der Waals surface area (Å²) in [5.74, 6) is 0.0570. The van der Waals surface area contributed by atoms with E-state index in [-0.39, 0.29) is 30.7 Å². The van der Waals surface area contributed by atoms with Gasteiger partial charge in [-0.05, 0) is 43.2 Å². The number of aliphatic hydroxyl groups excluding tert-OH is 1. The summed E-state index contributed by atoms with van der Waals surface area (Å²) in [7, 11) is 1.46. The molecule has 0 spiro atoms. The molecule has 3 atom stereocenters. The highest BCUT2D eigenvalue weighted by Gasteiger charge is 2.36. The lowest BCUT2D eigenvalue weighted by Crippen LogP contribution is -2.38. The van der Waals surface area contributed by atoms with E-state index in [1.807, 2.05) is 6.92 Å². The molecule has 1 saturated heterocycles. The number of aromatic nitrogens is 1. The van der Waals surface area contributed by atoms with Crippen molar-refractivity contribution < 1.29 is 28.2 Å². The summed E-state index contributed by atoms with van der Waals surface area (Å²) >= 11 is 6.04. The predicted octanol–water partition coefficient (Wildman–Crippen LogP) is 4.22. The molecule has 1 fully saturated rings. The van der Waals surface area contributed by atoms with Crippen molar-refractivity contribution in [2.75, 3.05) is 38.9 Å². The van der Waals surface area contributed by atoms with E-state index in [1.165, 1.54) is 7.11 Å². The van der Waals surface area contributed by atoms with Crippen LogP contribution in [0.4, 0.5) is 10.4 Å². The van der Waals surface area contributed by atoms with E-state index in [1.54, 1.807) is 41.3 Å². The standard InChI is InChI=1S/C24H27ClFN3O5/c1-3-33-18-10-17(13-30)29(12-18)23(31)15-8-19-22(21(9-15)32-2)34-24(27-19)28-20(11-26)14-5-4-6-16(25)7-14/h4-9,17-18,20,30H,3,10-13H2,1-2H3,(H,27,28)/t17?,18-,20-/m1/s1. The average molecular weight is 492 g/mol. The van der Waals surface area contributed by atoms with Gasteiger partial charge in [0.2, 0.25) is 0 Å². The third-order valence-corrected chi connectivity index (χ3v) is 6.11. The molecule has 182 valence electrons. The summed E-state index contributed by atoms with van der Waals surface area (Å²) < 4.78 is 30.7. The van der Waals surface area contributed by atoms with Gasteiger partial charge in [-0.3, -0.25) is 4.79 Å².